The summed E-state index contributed by atoms with van der Waals surface area (Å²) >= 11 is 1.89. The fraction of sp³-hybridized carbons (Fsp3) is 0.917. The zero-order valence-corrected chi connectivity index (χ0v) is 11.1. The third-order valence-corrected chi connectivity index (χ3v) is 4.46. The van der Waals surface area contributed by atoms with E-state index in [0.717, 1.165) is 31.1 Å². The van der Waals surface area contributed by atoms with Crippen molar-refractivity contribution in [1.29, 1.82) is 0 Å². The predicted octanol–water partition coefficient (Wildman–Crippen LogP) is 1.20. The standard InChI is InChI=1S/C12H22N2OS/c1-9-5-10(2)7-14(6-9)12(15)11-8-16-4-3-13-11/h9-11,13H,3-8H2,1-2H3. The van der Waals surface area contributed by atoms with Crippen LogP contribution < -0.4 is 5.32 Å². The summed E-state index contributed by atoms with van der Waals surface area (Å²) in [4.78, 5) is 14.4. The lowest BCUT2D eigenvalue weighted by atomic mass is 9.91. The Labute approximate surface area is 102 Å². The van der Waals surface area contributed by atoms with E-state index < -0.39 is 0 Å². The van der Waals surface area contributed by atoms with Crippen LogP contribution in [0.15, 0.2) is 0 Å². The smallest absolute Gasteiger partial charge is 0.240 e. The molecule has 1 amide bonds. The first-order chi connectivity index (χ1) is 7.66. The van der Waals surface area contributed by atoms with Crippen molar-refractivity contribution < 1.29 is 4.79 Å². The van der Waals surface area contributed by atoms with E-state index in [2.05, 4.69) is 24.1 Å². The second kappa shape index (κ2) is 5.41. The van der Waals surface area contributed by atoms with Crippen molar-refractivity contribution in [3.63, 3.8) is 0 Å². The lowest BCUT2D eigenvalue weighted by molar-refractivity contribution is -0.135. The number of hydrogen-bond acceptors (Lipinski definition) is 3. The van der Waals surface area contributed by atoms with E-state index in [1.54, 1.807) is 0 Å². The zero-order chi connectivity index (χ0) is 11.5. The molecule has 2 aliphatic heterocycles. The molecule has 2 rings (SSSR count). The summed E-state index contributed by atoms with van der Waals surface area (Å²) in [6.45, 7) is 7.37. The number of thioether (sulfide) groups is 1. The number of likely N-dealkylation sites (tertiary alicyclic amines) is 1. The van der Waals surface area contributed by atoms with Crippen LogP contribution in [0.5, 0.6) is 0 Å². The number of rotatable bonds is 1. The average Bonchev–Trinajstić information content (AvgIpc) is 2.28. The van der Waals surface area contributed by atoms with Gasteiger partial charge in [0.2, 0.25) is 5.91 Å². The lowest BCUT2D eigenvalue weighted by Gasteiger charge is -2.37. The number of carbonyl (C=O) groups excluding carboxylic acids is 1. The van der Waals surface area contributed by atoms with E-state index in [1.165, 1.54) is 6.42 Å². The Hall–Kier alpha value is -0.220. The largest absolute Gasteiger partial charge is 0.341 e. The molecule has 3 atom stereocenters. The molecule has 0 bridgehead atoms. The summed E-state index contributed by atoms with van der Waals surface area (Å²) in [5.74, 6) is 3.72. The molecule has 92 valence electrons. The molecule has 0 saturated carbocycles. The van der Waals surface area contributed by atoms with E-state index in [1.807, 2.05) is 11.8 Å². The van der Waals surface area contributed by atoms with Gasteiger partial charge in [0, 0.05) is 31.1 Å². The molecule has 0 aromatic rings. The average molecular weight is 242 g/mol. The van der Waals surface area contributed by atoms with Gasteiger partial charge in [-0.1, -0.05) is 13.8 Å². The van der Waals surface area contributed by atoms with E-state index in [9.17, 15) is 4.79 Å². The van der Waals surface area contributed by atoms with Gasteiger partial charge in [0.25, 0.3) is 0 Å². The first-order valence-corrected chi connectivity index (χ1v) is 7.42. The lowest BCUT2D eigenvalue weighted by Crippen LogP contribution is -2.53. The fourth-order valence-corrected chi connectivity index (χ4v) is 3.71. The van der Waals surface area contributed by atoms with Gasteiger partial charge in [0.15, 0.2) is 0 Å². The summed E-state index contributed by atoms with van der Waals surface area (Å²) in [5, 5.41) is 3.33. The Kier molecular flexibility index (Phi) is 4.14. The van der Waals surface area contributed by atoms with Gasteiger partial charge >= 0.3 is 0 Å². The van der Waals surface area contributed by atoms with Gasteiger partial charge in [-0.25, -0.2) is 0 Å². The minimum atomic E-state index is 0.0660. The van der Waals surface area contributed by atoms with Crippen LogP contribution >= 0.6 is 11.8 Å². The number of carbonyl (C=O) groups is 1. The van der Waals surface area contributed by atoms with Gasteiger partial charge < -0.3 is 10.2 Å². The predicted molar refractivity (Wildman–Crippen MR) is 68.6 cm³/mol. The van der Waals surface area contributed by atoms with Crippen molar-refractivity contribution in [2.75, 3.05) is 31.1 Å². The molecule has 3 unspecified atom stereocenters. The minimum Gasteiger partial charge on any atom is -0.341 e. The number of amides is 1. The Morgan fingerprint density at radius 3 is 2.56 bits per heavy atom. The van der Waals surface area contributed by atoms with Crippen LogP contribution in [0.2, 0.25) is 0 Å². The Morgan fingerprint density at radius 1 is 1.31 bits per heavy atom. The fourth-order valence-electron chi connectivity index (χ4n) is 2.79. The van der Waals surface area contributed by atoms with Crippen LogP contribution in [0.3, 0.4) is 0 Å². The van der Waals surface area contributed by atoms with Crippen molar-refractivity contribution in [1.82, 2.24) is 10.2 Å². The quantitative estimate of drug-likeness (QED) is 0.750. The maximum Gasteiger partial charge on any atom is 0.240 e. The van der Waals surface area contributed by atoms with Crippen LogP contribution in [-0.2, 0) is 4.79 Å². The van der Waals surface area contributed by atoms with Gasteiger partial charge in [-0.15, -0.1) is 0 Å². The van der Waals surface area contributed by atoms with Gasteiger partial charge in [-0.3, -0.25) is 4.79 Å². The maximum atomic E-state index is 12.3. The number of hydrogen-bond donors (Lipinski definition) is 1. The molecule has 0 aromatic carbocycles. The number of nitrogens with one attached hydrogen (secondary N) is 1. The Morgan fingerprint density at radius 2 is 2.00 bits per heavy atom. The number of nitrogens with zero attached hydrogens (tertiary/aromatic N) is 1. The molecule has 2 fully saturated rings. The molecule has 2 saturated heterocycles. The molecule has 2 aliphatic rings. The van der Waals surface area contributed by atoms with Gasteiger partial charge in [-0.2, -0.15) is 11.8 Å². The molecule has 0 spiro atoms. The summed E-state index contributed by atoms with van der Waals surface area (Å²) in [7, 11) is 0. The van der Waals surface area contributed by atoms with Crippen molar-refractivity contribution in [2.45, 2.75) is 26.3 Å². The van der Waals surface area contributed by atoms with Gasteiger partial charge in [-0.05, 0) is 18.3 Å². The second-order valence-electron chi connectivity index (χ2n) is 5.27. The first kappa shape index (κ1) is 12.2. The van der Waals surface area contributed by atoms with Crippen molar-refractivity contribution in [3.8, 4) is 0 Å². The second-order valence-corrected chi connectivity index (χ2v) is 6.42. The molecule has 0 radical (unpaired) electrons. The highest BCUT2D eigenvalue weighted by Crippen LogP contribution is 2.22. The molecule has 4 heteroatoms. The SMILES string of the molecule is CC1CC(C)CN(C(=O)C2CSCCN2)C1. The monoisotopic (exact) mass is 242 g/mol. The molecule has 0 aromatic heterocycles. The van der Waals surface area contributed by atoms with Gasteiger partial charge in [0.05, 0.1) is 6.04 Å². The zero-order valence-electron chi connectivity index (χ0n) is 10.2. The number of piperidine rings is 1. The summed E-state index contributed by atoms with van der Waals surface area (Å²) in [5.41, 5.74) is 0. The highest BCUT2D eigenvalue weighted by molar-refractivity contribution is 7.99. The van der Waals surface area contributed by atoms with Crippen LogP contribution in [0.25, 0.3) is 0 Å². The summed E-state index contributed by atoms with van der Waals surface area (Å²) in [6.07, 6.45) is 1.26. The molecular weight excluding hydrogens is 220 g/mol. The highest BCUT2D eigenvalue weighted by Gasteiger charge is 2.30. The molecule has 0 aliphatic carbocycles. The van der Waals surface area contributed by atoms with Crippen molar-refractivity contribution in [3.05, 3.63) is 0 Å². The van der Waals surface area contributed by atoms with E-state index in [-0.39, 0.29) is 6.04 Å². The molecule has 16 heavy (non-hydrogen) atoms. The molecular formula is C12H22N2OS. The van der Waals surface area contributed by atoms with E-state index >= 15 is 0 Å². The summed E-state index contributed by atoms with van der Waals surface area (Å²) in [6, 6.07) is 0.0660. The van der Waals surface area contributed by atoms with Crippen LogP contribution in [0, 0.1) is 11.8 Å². The third kappa shape index (κ3) is 2.92. The molecule has 1 N–H and O–H groups in total. The van der Waals surface area contributed by atoms with Gasteiger partial charge in [0.1, 0.15) is 0 Å². The van der Waals surface area contributed by atoms with Crippen LogP contribution in [-0.4, -0.2) is 48.0 Å². The third-order valence-electron chi connectivity index (χ3n) is 3.40. The first-order valence-electron chi connectivity index (χ1n) is 6.26. The molecule has 2 heterocycles. The molecule has 3 nitrogen and oxygen atoms in total. The van der Waals surface area contributed by atoms with Crippen molar-refractivity contribution >= 4 is 17.7 Å². The maximum absolute atomic E-state index is 12.3. The minimum absolute atomic E-state index is 0.0660. The Bertz CT molecular complexity index is 243. The van der Waals surface area contributed by atoms with Crippen molar-refractivity contribution in [2.24, 2.45) is 11.8 Å². The Balaban J connectivity index is 1.92. The van der Waals surface area contributed by atoms with E-state index in [4.69, 9.17) is 0 Å². The topological polar surface area (TPSA) is 32.3 Å². The summed E-state index contributed by atoms with van der Waals surface area (Å²) < 4.78 is 0. The van der Waals surface area contributed by atoms with Crippen LogP contribution in [0.1, 0.15) is 20.3 Å². The van der Waals surface area contributed by atoms with E-state index in [0.29, 0.717) is 17.7 Å². The highest BCUT2D eigenvalue weighted by atomic mass is 32.2. The van der Waals surface area contributed by atoms with Crippen LogP contribution in [0.4, 0.5) is 0 Å². The normalized spacial score (nSPS) is 36.1.